The van der Waals surface area contributed by atoms with Gasteiger partial charge in [-0.1, -0.05) is 12.8 Å². The second kappa shape index (κ2) is 2.75. The van der Waals surface area contributed by atoms with E-state index >= 15 is 0 Å². The summed E-state index contributed by atoms with van der Waals surface area (Å²) in [6, 6.07) is 0. The molecule has 0 heterocycles. The van der Waals surface area contributed by atoms with Gasteiger partial charge in [0.1, 0.15) is 0 Å². The maximum Gasteiger partial charge on any atom is 0.0217 e. The summed E-state index contributed by atoms with van der Waals surface area (Å²) in [6.45, 7) is 2.19. The lowest BCUT2D eigenvalue weighted by Crippen LogP contribution is -2.32. The predicted octanol–water partition coefficient (Wildman–Crippen LogP) is 2.55. The molecule has 0 radical (unpaired) electrons. The van der Waals surface area contributed by atoms with Gasteiger partial charge in [-0.3, -0.25) is 0 Å². The molecule has 0 aromatic heterocycles. The maximum atomic E-state index is 4.54. The summed E-state index contributed by atoms with van der Waals surface area (Å²) in [6.07, 6.45) is 5.13. The summed E-state index contributed by atoms with van der Waals surface area (Å²) >= 11 is 9.00. The van der Waals surface area contributed by atoms with E-state index < -0.39 is 0 Å². The molecule has 2 heteroatoms. The Labute approximate surface area is 68.2 Å². The first-order valence-corrected chi connectivity index (χ1v) is 4.50. The number of hydrogen-bond donors (Lipinski definition) is 2. The lowest BCUT2D eigenvalue weighted by Gasteiger charge is -2.34. The van der Waals surface area contributed by atoms with Crippen LogP contribution >= 0.6 is 25.3 Å². The van der Waals surface area contributed by atoms with Crippen molar-refractivity contribution in [1.82, 2.24) is 0 Å². The van der Waals surface area contributed by atoms with Crippen molar-refractivity contribution in [1.29, 1.82) is 0 Å². The van der Waals surface area contributed by atoms with Crippen molar-refractivity contribution in [2.45, 2.75) is 42.6 Å². The summed E-state index contributed by atoms with van der Waals surface area (Å²) in [4.78, 5) is 0. The quantitative estimate of drug-likeness (QED) is 0.503. The van der Waals surface area contributed by atoms with Crippen molar-refractivity contribution in [2.75, 3.05) is 0 Å². The molecule has 1 aliphatic carbocycles. The van der Waals surface area contributed by atoms with Crippen molar-refractivity contribution in [3.05, 3.63) is 0 Å². The lowest BCUT2D eigenvalue weighted by molar-refractivity contribution is 0.438. The van der Waals surface area contributed by atoms with Crippen LogP contribution in [0.1, 0.15) is 32.6 Å². The number of rotatable bonds is 0. The molecule has 0 aromatic carbocycles. The Morgan fingerprint density at radius 3 is 2.44 bits per heavy atom. The average Bonchev–Trinajstić information content (AvgIpc) is 1.77. The molecule has 1 aliphatic rings. The van der Waals surface area contributed by atoms with Crippen LogP contribution in [0.25, 0.3) is 0 Å². The van der Waals surface area contributed by atoms with E-state index in [0.29, 0.717) is 5.25 Å². The fourth-order valence-electron chi connectivity index (χ4n) is 1.30. The first kappa shape index (κ1) is 7.80. The van der Waals surface area contributed by atoms with Crippen LogP contribution in [0.2, 0.25) is 0 Å². The molecule has 2 atom stereocenters. The van der Waals surface area contributed by atoms with E-state index in [1.165, 1.54) is 25.7 Å². The van der Waals surface area contributed by atoms with Gasteiger partial charge >= 0.3 is 0 Å². The third kappa shape index (κ3) is 1.81. The van der Waals surface area contributed by atoms with Gasteiger partial charge in [0.2, 0.25) is 0 Å². The fourth-order valence-corrected chi connectivity index (χ4v) is 1.90. The maximum absolute atomic E-state index is 4.54. The molecule has 0 aromatic rings. The predicted molar refractivity (Wildman–Crippen MR) is 48.6 cm³/mol. The van der Waals surface area contributed by atoms with Crippen LogP contribution < -0.4 is 0 Å². The third-order valence-electron chi connectivity index (χ3n) is 2.13. The van der Waals surface area contributed by atoms with Gasteiger partial charge in [-0.15, -0.1) is 0 Å². The first-order chi connectivity index (χ1) is 4.13. The normalized spacial score (nSPS) is 45.0. The topological polar surface area (TPSA) is 0 Å². The second-order valence-corrected chi connectivity index (χ2v) is 4.76. The Balaban J connectivity index is 2.49. The van der Waals surface area contributed by atoms with Gasteiger partial charge in [-0.25, -0.2) is 0 Å². The molecule has 2 unspecified atom stereocenters. The lowest BCUT2D eigenvalue weighted by atomic mass is 9.89. The molecule has 1 saturated carbocycles. The Kier molecular flexibility index (Phi) is 2.38. The highest BCUT2D eigenvalue weighted by molar-refractivity contribution is 7.85. The summed E-state index contributed by atoms with van der Waals surface area (Å²) < 4.78 is 0.196. The molecule has 0 saturated heterocycles. The van der Waals surface area contributed by atoms with Gasteiger partial charge in [0.05, 0.1) is 0 Å². The van der Waals surface area contributed by atoms with Crippen molar-refractivity contribution in [3.8, 4) is 0 Å². The molecule has 0 bridgehead atoms. The molecule has 0 N–H and O–H groups in total. The Morgan fingerprint density at radius 1 is 1.44 bits per heavy atom. The SMILES string of the molecule is CC1(S)CCCCC1S. The van der Waals surface area contributed by atoms with Crippen LogP contribution in [0.5, 0.6) is 0 Å². The summed E-state index contributed by atoms with van der Waals surface area (Å²) in [7, 11) is 0. The monoisotopic (exact) mass is 162 g/mol. The number of hydrogen-bond acceptors (Lipinski definition) is 2. The van der Waals surface area contributed by atoms with Crippen molar-refractivity contribution in [3.63, 3.8) is 0 Å². The molecular weight excluding hydrogens is 148 g/mol. The van der Waals surface area contributed by atoms with Gasteiger partial charge in [0.15, 0.2) is 0 Å². The minimum absolute atomic E-state index is 0.196. The van der Waals surface area contributed by atoms with Crippen molar-refractivity contribution < 1.29 is 0 Å². The van der Waals surface area contributed by atoms with Gasteiger partial charge in [-0.05, 0) is 19.8 Å². The van der Waals surface area contributed by atoms with Gasteiger partial charge in [0.25, 0.3) is 0 Å². The first-order valence-electron chi connectivity index (χ1n) is 3.53. The zero-order valence-electron chi connectivity index (χ0n) is 5.80. The molecule has 9 heavy (non-hydrogen) atoms. The Morgan fingerprint density at radius 2 is 2.11 bits per heavy atom. The molecular formula is C7H14S2. The van der Waals surface area contributed by atoms with E-state index in [0.717, 1.165) is 0 Å². The molecule has 0 amide bonds. The summed E-state index contributed by atoms with van der Waals surface area (Å²) in [5.74, 6) is 0. The van der Waals surface area contributed by atoms with Crippen molar-refractivity contribution >= 4 is 25.3 Å². The molecule has 0 nitrogen and oxygen atoms in total. The molecule has 1 fully saturated rings. The van der Waals surface area contributed by atoms with Crippen LogP contribution in [0, 0.1) is 0 Å². The summed E-state index contributed by atoms with van der Waals surface area (Å²) in [5.41, 5.74) is 0. The summed E-state index contributed by atoms with van der Waals surface area (Å²) in [5, 5.41) is 0.509. The van der Waals surface area contributed by atoms with E-state index in [1.807, 2.05) is 0 Å². The Hall–Kier alpha value is 0.700. The van der Waals surface area contributed by atoms with Crippen LogP contribution in [-0.4, -0.2) is 10.00 Å². The highest BCUT2D eigenvalue weighted by atomic mass is 32.1. The minimum atomic E-state index is 0.196. The van der Waals surface area contributed by atoms with Gasteiger partial charge < -0.3 is 0 Å². The standard InChI is InChI=1S/C7H14S2/c1-7(9)5-3-2-4-6(7)8/h6,8-9H,2-5H2,1H3. The van der Waals surface area contributed by atoms with Gasteiger partial charge in [-0.2, -0.15) is 25.3 Å². The van der Waals surface area contributed by atoms with E-state index in [2.05, 4.69) is 32.2 Å². The van der Waals surface area contributed by atoms with E-state index in [4.69, 9.17) is 0 Å². The molecule has 1 rings (SSSR count). The average molecular weight is 162 g/mol. The second-order valence-electron chi connectivity index (χ2n) is 3.12. The van der Waals surface area contributed by atoms with Crippen LogP contribution in [0.4, 0.5) is 0 Å². The van der Waals surface area contributed by atoms with E-state index in [1.54, 1.807) is 0 Å². The highest BCUT2D eigenvalue weighted by Crippen LogP contribution is 2.36. The van der Waals surface area contributed by atoms with E-state index in [9.17, 15) is 0 Å². The molecule has 0 spiro atoms. The number of thiol groups is 2. The van der Waals surface area contributed by atoms with Crippen LogP contribution in [-0.2, 0) is 0 Å². The van der Waals surface area contributed by atoms with Gasteiger partial charge in [0, 0.05) is 10.00 Å². The molecule has 54 valence electrons. The van der Waals surface area contributed by atoms with Crippen LogP contribution in [0.15, 0.2) is 0 Å². The third-order valence-corrected chi connectivity index (χ3v) is 3.70. The Bertz CT molecular complexity index is 99.1. The highest BCUT2D eigenvalue weighted by Gasteiger charge is 2.30. The largest absolute Gasteiger partial charge is 0.174 e. The zero-order valence-corrected chi connectivity index (χ0v) is 7.59. The van der Waals surface area contributed by atoms with Crippen molar-refractivity contribution in [2.24, 2.45) is 0 Å². The van der Waals surface area contributed by atoms with E-state index in [-0.39, 0.29) is 4.75 Å². The van der Waals surface area contributed by atoms with Crippen LogP contribution in [0.3, 0.4) is 0 Å². The zero-order chi connectivity index (χ0) is 6.91. The fraction of sp³-hybridized carbons (Fsp3) is 1.00. The minimum Gasteiger partial charge on any atom is -0.174 e. The smallest absolute Gasteiger partial charge is 0.0217 e. The molecule has 0 aliphatic heterocycles.